The van der Waals surface area contributed by atoms with E-state index in [-0.39, 0.29) is 25.7 Å². The van der Waals surface area contributed by atoms with E-state index < -0.39 is 97.5 Å². The van der Waals surface area contributed by atoms with Crippen LogP contribution >= 0.6 is 15.6 Å². The van der Waals surface area contributed by atoms with Crippen LogP contribution in [0.5, 0.6) is 0 Å². The maximum absolute atomic E-state index is 13.1. The first-order valence-electron chi connectivity index (χ1n) is 38.4. The summed E-state index contributed by atoms with van der Waals surface area (Å²) in [5, 5.41) is 10.6. The van der Waals surface area contributed by atoms with Gasteiger partial charge in [0.1, 0.15) is 19.3 Å². The first-order valence-corrected chi connectivity index (χ1v) is 41.4. The molecule has 19 heteroatoms. The number of rotatable bonds is 71. The molecule has 0 aromatic heterocycles. The maximum Gasteiger partial charge on any atom is 0.472 e. The molecule has 0 saturated carbocycles. The van der Waals surface area contributed by atoms with Crippen molar-refractivity contribution >= 4 is 39.5 Å². The molecule has 0 rings (SSSR count). The number of phosphoric ester groups is 2. The van der Waals surface area contributed by atoms with Gasteiger partial charge in [0, 0.05) is 19.3 Å². The first kappa shape index (κ1) is 95.2. The summed E-state index contributed by atoms with van der Waals surface area (Å²) in [5.41, 5.74) is 0. The van der Waals surface area contributed by atoms with Crippen LogP contribution in [0.3, 0.4) is 0 Å². The van der Waals surface area contributed by atoms with Crippen LogP contribution in [0.2, 0.25) is 0 Å². The number of ether oxygens (including phenoxy) is 4. The van der Waals surface area contributed by atoms with Crippen molar-refractivity contribution in [1.29, 1.82) is 0 Å². The van der Waals surface area contributed by atoms with Gasteiger partial charge in [0.15, 0.2) is 12.2 Å². The van der Waals surface area contributed by atoms with Gasteiger partial charge >= 0.3 is 39.5 Å². The summed E-state index contributed by atoms with van der Waals surface area (Å²) >= 11 is 0. The number of unbranched alkanes of at least 4 members (excludes halogenated alkanes) is 24. The minimum absolute atomic E-state index is 0.0198. The molecule has 0 spiro atoms. The summed E-state index contributed by atoms with van der Waals surface area (Å²) in [4.78, 5) is 72.8. The number of phosphoric acid groups is 2. The Morgan fingerprint density at radius 3 is 0.930 bits per heavy atom. The van der Waals surface area contributed by atoms with Gasteiger partial charge in [-0.15, -0.1) is 0 Å². The highest BCUT2D eigenvalue weighted by Crippen LogP contribution is 2.45. The molecule has 3 N–H and O–H groups in total. The summed E-state index contributed by atoms with van der Waals surface area (Å²) in [6.07, 6.45) is 80.5. The normalized spacial score (nSPS) is 14.7. The third-order valence-corrected chi connectivity index (χ3v) is 17.5. The topological polar surface area (TPSA) is 237 Å². The Hall–Kier alpha value is -4.80. The van der Waals surface area contributed by atoms with Crippen molar-refractivity contribution in [3.8, 4) is 0 Å². The molecule has 0 heterocycles. The Kier molecular flexibility index (Phi) is 69.1. The van der Waals surface area contributed by atoms with E-state index in [1.54, 1.807) is 6.08 Å². The van der Waals surface area contributed by atoms with Crippen LogP contribution in [0.1, 0.15) is 297 Å². The van der Waals surface area contributed by atoms with Crippen LogP contribution in [-0.2, 0) is 65.4 Å². The average molecular weight is 1440 g/mol. The predicted molar refractivity (Wildman–Crippen MR) is 408 cm³/mol. The third-order valence-electron chi connectivity index (χ3n) is 15.6. The van der Waals surface area contributed by atoms with Gasteiger partial charge in [0.25, 0.3) is 0 Å². The van der Waals surface area contributed by atoms with Crippen LogP contribution in [0.4, 0.5) is 0 Å². The fraction of sp³-hybridized carbons (Fsp3) is 0.679. The van der Waals surface area contributed by atoms with Gasteiger partial charge in [-0.1, -0.05) is 283 Å². The second kappa shape index (κ2) is 72.5. The van der Waals surface area contributed by atoms with Crippen molar-refractivity contribution in [1.82, 2.24) is 0 Å². The Morgan fingerprint density at radius 1 is 0.300 bits per heavy atom. The molecule has 0 aromatic rings. The smallest absolute Gasteiger partial charge is 0.462 e. The molecule has 5 unspecified atom stereocenters. The van der Waals surface area contributed by atoms with Gasteiger partial charge in [0.2, 0.25) is 0 Å². The van der Waals surface area contributed by atoms with Crippen molar-refractivity contribution < 1.29 is 80.2 Å². The fourth-order valence-corrected chi connectivity index (χ4v) is 11.4. The molecule has 0 amide bonds. The molecule has 100 heavy (non-hydrogen) atoms. The van der Waals surface area contributed by atoms with Crippen molar-refractivity contribution in [2.45, 2.75) is 316 Å². The molecule has 0 fully saturated rings. The molecule has 572 valence electrons. The van der Waals surface area contributed by atoms with E-state index in [4.69, 9.17) is 37.0 Å². The highest BCUT2D eigenvalue weighted by atomic mass is 31.2. The van der Waals surface area contributed by atoms with Crippen LogP contribution in [0.15, 0.2) is 134 Å². The lowest BCUT2D eigenvalue weighted by Gasteiger charge is -2.21. The van der Waals surface area contributed by atoms with Gasteiger partial charge in [-0.3, -0.25) is 37.3 Å². The fourth-order valence-electron chi connectivity index (χ4n) is 9.84. The lowest BCUT2D eigenvalue weighted by Crippen LogP contribution is -2.30. The number of carbonyl (C=O) groups is 4. The molecule has 0 aliphatic rings. The summed E-state index contributed by atoms with van der Waals surface area (Å²) < 4.78 is 68.3. The quantitative estimate of drug-likeness (QED) is 0.0169. The highest BCUT2D eigenvalue weighted by molar-refractivity contribution is 7.47. The summed E-state index contributed by atoms with van der Waals surface area (Å²) in [6.45, 7) is 4.45. The Bertz CT molecular complexity index is 2420. The van der Waals surface area contributed by atoms with Crippen molar-refractivity contribution in [2.75, 3.05) is 39.6 Å². The standard InChI is InChI=1S/C81H136O17P2/c1-5-9-13-17-21-25-29-33-37-41-45-49-53-57-61-65-78(83)91-71-76(97-80(85)67-63-59-55-51-47-43-39-35-31-27-23-19-15-11-7-3)73-95-99(87,88)93-69-75(82)70-94-100(89,90)96-74-77(98-81(86)68-64-60-56-52-48-44-40-36-32-28-24-20-16-12-8-4)72-92-79(84)66-62-58-54-50-46-42-38-34-30-26-22-18-14-10-6-2/h9,11,13,15,21-23,25-27,33-35,37-39,45,47,49,51,57,61,75-77,82H,5-8,10,12,14,16-20,24,28-32,36,40-44,46,48,50,52-56,58-60,62-74H2,1-4H3,(H,87,88)(H,89,90)/b13-9-,15-11-,25-21-,26-22-,27-23-,37-33-,38-34-,39-35-,49-45-,51-47-,61-57-. The van der Waals surface area contributed by atoms with E-state index in [1.165, 1.54) is 83.5 Å². The van der Waals surface area contributed by atoms with Gasteiger partial charge in [-0.2, -0.15) is 0 Å². The summed E-state index contributed by atoms with van der Waals surface area (Å²) in [7, 11) is -10.00. The molecule has 17 nitrogen and oxygen atoms in total. The van der Waals surface area contributed by atoms with E-state index in [1.807, 2.05) is 24.3 Å². The van der Waals surface area contributed by atoms with Crippen molar-refractivity contribution in [3.63, 3.8) is 0 Å². The zero-order valence-electron chi connectivity index (χ0n) is 62.3. The number of carbonyl (C=O) groups excluding carboxylic acids is 4. The number of aliphatic hydroxyl groups excluding tert-OH is 1. The van der Waals surface area contributed by atoms with E-state index >= 15 is 0 Å². The molecule has 0 bridgehead atoms. The molecular weight excluding hydrogens is 1310 g/mol. The average Bonchev–Trinajstić information content (AvgIpc) is 1.01. The van der Waals surface area contributed by atoms with Gasteiger partial charge < -0.3 is 33.8 Å². The van der Waals surface area contributed by atoms with E-state index in [0.717, 1.165) is 128 Å². The van der Waals surface area contributed by atoms with Crippen LogP contribution in [-0.4, -0.2) is 96.7 Å². The van der Waals surface area contributed by atoms with Gasteiger partial charge in [0.05, 0.1) is 32.8 Å². The van der Waals surface area contributed by atoms with Crippen LogP contribution in [0.25, 0.3) is 0 Å². The molecule has 0 aromatic carbocycles. The minimum Gasteiger partial charge on any atom is -0.462 e. The van der Waals surface area contributed by atoms with Crippen LogP contribution in [0, 0.1) is 0 Å². The second-order valence-corrected chi connectivity index (χ2v) is 28.1. The Morgan fingerprint density at radius 2 is 0.560 bits per heavy atom. The monoisotopic (exact) mass is 1440 g/mol. The highest BCUT2D eigenvalue weighted by Gasteiger charge is 2.30. The van der Waals surface area contributed by atoms with Crippen LogP contribution < -0.4 is 0 Å². The molecule has 5 atom stereocenters. The number of esters is 4. The SMILES string of the molecule is CC/C=C\C/C=C\C/C=C\C/C=C\C/C=C\CC(=O)OCC(COP(=O)(O)OCC(O)COP(=O)(O)OCC(COC(=O)CCCCCCC/C=C\C/C=C\CCCCC)OC(=O)CCCCCCCCCCCCCCCCC)OC(=O)CCCC/C=C\C/C=C\C/C=C\C/C=C\CC. The molecule has 0 aliphatic heterocycles. The summed E-state index contributed by atoms with van der Waals surface area (Å²) in [6, 6.07) is 0. The largest absolute Gasteiger partial charge is 0.472 e. The first-order chi connectivity index (χ1) is 48.7. The number of allylic oxidation sites excluding steroid dienone is 21. The minimum atomic E-state index is -5.01. The van der Waals surface area contributed by atoms with Gasteiger partial charge in [-0.25, -0.2) is 9.13 Å². The zero-order chi connectivity index (χ0) is 73.2. The zero-order valence-corrected chi connectivity index (χ0v) is 64.1. The van der Waals surface area contributed by atoms with Gasteiger partial charge in [-0.05, 0) is 122 Å². The number of hydrogen-bond acceptors (Lipinski definition) is 15. The number of aliphatic hydroxyl groups is 1. The third kappa shape index (κ3) is 71.6. The molecule has 0 radical (unpaired) electrons. The van der Waals surface area contributed by atoms with Crippen molar-refractivity contribution in [3.05, 3.63) is 134 Å². The van der Waals surface area contributed by atoms with E-state index in [0.29, 0.717) is 32.1 Å². The number of hydrogen-bond donors (Lipinski definition) is 3. The molecule has 0 saturated heterocycles. The Labute approximate surface area is 605 Å². The van der Waals surface area contributed by atoms with E-state index in [9.17, 15) is 43.2 Å². The molecular formula is C81H136O17P2. The van der Waals surface area contributed by atoms with Crippen molar-refractivity contribution in [2.24, 2.45) is 0 Å². The Balaban J connectivity index is 5.46. The lowest BCUT2D eigenvalue weighted by molar-refractivity contribution is -0.161. The summed E-state index contributed by atoms with van der Waals surface area (Å²) in [5.74, 6) is -2.38. The molecule has 0 aliphatic carbocycles. The maximum atomic E-state index is 13.1. The lowest BCUT2D eigenvalue weighted by atomic mass is 10.0. The predicted octanol–water partition coefficient (Wildman–Crippen LogP) is 22.1. The van der Waals surface area contributed by atoms with E-state index in [2.05, 4.69) is 131 Å². The second-order valence-electron chi connectivity index (χ2n) is 25.2.